The molecule has 0 spiro atoms. The number of hydrogen-bond acceptors (Lipinski definition) is 4. The van der Waals surface area contributed by atoms with Gasteiger partial charge in [-0.25, -0.2) is 8.42 Å². The number of ether oxygens (including phenoxy) is 1. The summed E-state index contributed by atoms with van der Waals surface area (Å²) in [6.07, 6.45) is 0.909. The van der Waals surface area contributed by atoms with E-state index >= 15 is 0 Å². The van der Waals surface area contributed by atoms with Crippen molar-refractivity contribution in [3.8, 4) is 5.75 Å². The van der Waals surface area contributed by atoms with Gasteiger partial charge in [0.05, 0.1) is 11.5 Å². The Morgan fingerprint density at radius 2 is 1.73 bits per heavy atom. The van der Waals surface area contributed by atoms with Gasteiger partial charge in [0.1, 0.15) is 5.75 Å². The van der Waals surface area contributed by atoms with Crippen LogP contribution in [-0.2, 0) is 10.0 Å². The number of sulfonamides is 1. The molecule has 1 saturated heterocycles. The zero-order valence-corrected chi connectivity index (χ0v) is 16.4. The normalized spacial score (nSPS) is 20.5. The molecule has 0 aromatic heterocycles. The van der Waals surface area contributed by atoms with Crippen molar-refractivity contribution in [2.75, 3.05) is 19.7 Å². The Labute approximate surface area is 161 Å². The van der Waals surface area contributed by atoms with E-state index in [1.165, 1.54) is 4.31 Å². The van der Waals surface area contributed by atoms with Crippen molar-refractivity contribution in [2.24, 2.45) is 5.73 Å². The molecule has 0 radical (unpaired) electrons. The number of nitrogens with two attached hydrogens (primary N) is 1. The van der Waals surface area contributed by atoms with Gasteiger partial charge in [0, 0.05) is 25.0 Å². The van der Waals surface area contributed by atoms with Crippen LogP contribution >= 0.6 is 12.4 Å². The SMILES string of the molecule is CCCOc1ccc(S(=O)(=O)N2C[C@@H](N)[C@H](c3ccccc3)C2)cc1.Cl. The van der Waals surface area contributed by atoms with Crippen LogP contribution in [0.5, 0.6) is 5.75 Å². The predicted octanol–water partition coefficient (Wildman–Crippen LogP) is 3.01. The smallest absolute Gasteiger partial charge is 0.243 e. The van der Waals surface area contributed by atoms with E-state index in [0.29, 0.717) is 25.4 Å². The Hall–Kier alpha value is -1.60. The summed E-state index contributed by atoms with van der Waals surface area (Å²) < 4.78 is 32.8. The first-order valence-electron chi connectivity index (χ1n) is 8.56. The summed E-state index contributed by atoms with van der Waals surface area (Å²) in [6.45, 7) is 3.38. The molecule has 2 aromatic carbocycles. The molecule has 7 heteroatoms. The standard InChI is InChI=1S/C19H24N2O3S.ClH/c1-2-12-24-16-8-10-17(11-9-16)25(22,23)21-13-18(19(20)14-21)15-6-4-3-5-7-15;/h3-11,18-19H,2,12-14,20H2,1H3;1H/t18-,19+;/m0./s1. The highest BCUT2D eigenvalue weighted by Crippen LogP contribution is 2.30. The van der Waals surface area contributed by atoms with Gasteiger partial charge in [-0.05, 0) is 36.2 Å². The van der Waals surface area contributed by atoms with Crippen molar-refractivity contribution >= 4 is 22.4 Å². The van der Waals surface area contributed by atoms with E-state index in [1.54, 1.807) is 24.3 Å². The molecule has 5 nitrogen and oxygen atoms in total. The van der Waals surface area contributed by atoms with E-state index in [0.717, 1.165) is 12.0 Å². The van der Waals surface area contributed by atoms with Crippen LogP contribution in [0.2, 0.25) is 0 Å². The Morgan fingerprint density at radius 1 is 1.08 bits per heavy atom. The van der Waals surface area contributed by atoms with Crippen LogP contribution in [0.25, 0.3) is 0 Å². The zero-order chi connectivity index (χ0) is 17.9. The molecule has 1 aliphatic heterocycles. The number of benzene rings is 2. The van der Waals surface area contributed by atoms with Crippen LogP contribution in [-0.4, -0.2) is 38.5 Å². The minimum atomic E-state index is -3.55. The van der Waals surface area contributed by atoms with Gasteiger partial charge in [-0.15, -0.1) is 12.4 Å². The molecule has 0 aliphatic carbocycles. The highest BCUT2D eigenvalue weighted by Gasteiger charge is 2.38. The summed E-state index contributed by atoms with van der Waals surface area (Å²) in [5.74, 6) is 0.698. The van der Waals surface area contributed by atoms with E-state index in [4.69, 9.17) is 10.5 Å². The molecule has 3 rings (SSSR count). The monoisotopic (exact) mass is 396 g/mol. The summed E-state index contributed by atoms with van der Waals surface area (Å²) in [4.78, 5) is 0.275. The fraction of sp³-hybridized carbons (Fsp3) is 0.368. The first-order valence-corrected chi connectivity index (χ1v) is 10.00. The second kappa shape index (κ2) is 8.86. The average Bonchev–Trinajstić information content (AvgIpc) is 3.03. The number of nitrogens with zero attached hydrogens (tertiary/aromatic N) is 1. The lowest BCUT2D eigenvalue weighted by Crippen LogP contribution is -2.32. The highest BCUT2D eigenvalue weighted by atomic mass is 35.5. The topological polar surface area (TPSA) is 72.6 Å². The molecular weight excluding hydrogens is 372 g/mol. The molecule has 1 heterocycles. The van der Waals surface area contributed by atoms with Crippen molar-refractivity contribution in [3.05, 3.63) is 60.2 Å². The van der Waals surface area contributed by atoms with E-state index in [2.05, 4.69) is 0 Å². The molecule has 26 heavy (non-hydrogen) atoms. The third kappa shape index (κ3) is 4.38. The fourth-order valence-electron chi connectivity index (χ4n) is 3.12. The average molecular weight is 397 g/mol. The summed E-state index contributed by atoms with van der Waals surface area (Å²) in [5, 5.41) is 0. The summed E-state index contributed by atoms with van der Waals surface area (Å²) >= 11 is 0. The lowest BCUT2D eigenvalue weighted by atomic mass is 9.95. The minimum absolute atomic E-state index is 0. The zero-order valence-electron chi connectivity index (χ0n) is 14.7. The lowest BCUT2D eigenvalue weighted by Gasteiger charge is -2.17. The summed E-state index contributed by atoms with van der Waals surface area (Å²) in [6, 6.07) is 16.2. The maximum Gasteiger partial charge on any atom is 0.243 e. The van der Waals surface area contributed by atoms with Gasteiger partial charge in [-0.3, -0.25) is 0 Å². The molecule has 142 valence electrons. The molecule has 1 aliphatic rings. The van der Waals surface area contributed by atoms with Gasteiger partial charge in [0.25, 0.3) is 0 Å². The van der Waals surface area contributed by atoms with Gasteiger partial charge in [0.2, 0.25) is 10.0 Å². The number of hydrogen-bond donors (Lipinski definition) is 1. The van der Waals surface area contributed by atoms with Crippen molar-refractivity contribution in [2.45, 2.75) is 30.2 Å². The third-order valence-electron chi connectivity index (χ3n) is 4.49. The van der Waals surface area contributed by atoms with Gasteiger partial charge >= 0.3 is 0 Å². The van der Waals surface area contributed by atoms with Gasteiger partial charge < -0.3 is 10.5 Å². The molecule has 1 fully saturated rings. The van der Waals surface area contributed by atoms with Crippen LogP contribution in [0.1, 0.15) is 24.8 Å². The van der Waals surface area contributed by atoms with Crippen molar-refractivity contribution in [1.29, 1.82) is 0 Å². The van der Waals surface area contributed by atoms with Crippen molar-refractivity contribution in [3.63, 3.8) is 0 Å². The van der Waals surface area contributed by atoms with Gasteiger partial charge in [-0.1, -0.05) is 37.3 Å². The van der Waals surface area contributed by atoms with Crippen LogP contribution < -0.4 is 10.5 Å². The largest absolute Gasteiger partial charge is 0.494 e. The number of rotatable bonds is 6. The minimum Gasteiger partial charge on any atom is -0.494 e. The molecule has 0 amide bonds. The van der Waals surface area contributed by atoms with Crippen LogP contribution in [0.15, 0.2) is 59.5 Å². The van der Waals surface area contributed by atoms with E-state index in [-0.39, 0.29) is 29.3 Å². The number of halogens is 1. The summed E-state index contributed by atoms with van der Waals surface area (Å²) in [7, 11) is -3.55. The van der Waals surface area contributed by atoms with Gasteiger partial charge in [-0.2, -0.15) is 4.31 Å². The van der Waals surface area contributed by atoms with Crippen molar-refractivity contribution in [1.82, 2.24) is 4.31 Å². The van der Waals surface area contributed by atoms with E-state index in [9.17, 15) is 8.42 Å². The highest BCUT2D eigenvalue weighted by molar-refractivity contribution is 7.89. The fourth-order valence-corrected chi connectivity index (χ4v) is 4.62. The summed E-state index contributed by atoms with van der Waals surface area (Å²) in [5.41, 5.74) is 7.31. The second-order valence-electron chi connectivity index (χ2n) is 6.32. The van der Waals surface area contributed by atoms with Crippen LogP contribution in [0.4, 0.5) is 0 Å². The molecule has 0 unspecified atom stereocenters. The lowest BCUT2D eigenvalue weighted by molar-refractivity contribution is 0.317. The molecule has 2 atom stereocenters. The molecule has 0 bridgehead atoms. The molecule has 0 saturated carbocycles. The predicted molar refractivity (Wildman–Crippen MR) is 105 cm³/mol. The maximum absolute atomic E-state index is 12.9. The first kappa shape index (κ1) is 20.7. The molecule has 2 aromatic rings. The van der Waals surface area contributed by atoms with Crippen LogP contribution in [0.3, 0.4) is 0 Å². The third-order valence-corrected chi connectivity index (χ3v) is 6.34. The Kier molecular flexibility index (Phi) is 7.06. The van der Waals surface area contributed by atoms with E-state index < -0.39 is 10.0 Å². The van der Waals surface area contributed by atoms with Crippen LogP contribution in [0, 0.1) is 0 Å². The van der Waals surface area contributed by atoms with Gasteiger partial charge in [0.15, 0.2) is 0 Å². The Morgan fingerprint density at radius 3 is 2.35 bits per heavy atom. The second-order valence-corrected chi connectivity index (χ2v) is 8.26. The Bertz CT molecular complexity index is 797. The molecule has 2 N–H and O–H groups in total. The maximum atomic E-state index is 12.9. The molecular formula is C19H25ClN2O3S. The quantitative estimate of drug-likeness (QED) is 0.814. The van der Waals surface area contributed by atoms with E-state index in [1.807, 2.05) is 37.3 Å². The first-order chi connectivity index (χ1) is 12.0. The Balaban J connectivity index is 0.00000243. The van der Waals surface area contributed by atoms with Crippen molar-refractivity contribution < 1.29 is 13.2 Å².